The number of nitriles is 1. The third kappa shape index (κ3) is 1.97. The minimum atomic E-state index is -4.48. The molecule has 0 bridgehead atoms. The largest absolute Gasteiger partial charge is 0.407 e. The Labute approximate surface area is 63.1 Å². The van der Waals surface area contributed by atoms with Gasteiger partial charge in [0.15, 0.2) is 5.41 Å². The maximum absolute atomic E-state index is 12.0. The zero-order valence-electron chi connectivity index (χ0n) is 6.07. The van der Waals surface area contributed by atoms with E-state index in [9.17, 15) is 13.2 Å². The molecule has 1 atom stereocenters. The second kappa shape index (κ2) is 2.95. The molecule has 4 heteroatoms. The van der Waals surface area contributed by atoms with Crippen LogP contribution in [0.5, 0.6) is 0 Å². The molecule has 1 unspecified atom stereocenters. The van der Waals surface area contributed by atoms with Gasteiger partial charge in [0.05, 0.1) is 6.07 Å². The molecule has 0 rings (SSSR count). The van der Waals surface area contributed by atoms with E-state index in [0.717, 1.165) is 13.0 Å². The molecule has 0 spiro atoms. The molecule has 0 aliphatic carbocycles. The summed E-state index contributed by atoms with van der Waals surface area (Å²) < 4.78 is 36.1. The quantitative estimate of drug-likeness (QED) is 0.574. The van der Waals surface area contributed by atoms with Crippen molar-refractivity contribution in [3.05, 3.63) is 12.7 Å². The van der Waals surface area contributed by atoms with Gasteiger partial charge in [-0.05, 0) is 13.3 Å². The second-order valence-corrected chi connectivity index (χ2v) is 2.43. The van der Waals surface area contributed by atoms with Crippen LogP contribution in [0.15, 0.2) is 12.7 Å². The molecular weight excluding hydrogens is 155 g/mol. The highest BCUT2D eigenvalue weighted by Crippen LogP contribution is 2.40. The van der Waals surface area contributed by atoms with Gasteiger partial charge in [-0.15, -0.1) is 6.58 Å². The number of hydrogen-bond acceptors (Lipinski definition) is 1. The molecule has 0 saturated heterocycles. The van der Waals surface area contributed by atoms with Gasteiger partial charge in [0.2, 0.25) is 0 Å². The van der Waals surface area contributed by atoms with Crippen molar-refractivity contribution in [1.29, 1.82) is 5.26 Å². The van der Waals surface area contributed by atoms with Crippen LogP contribution < -0.4 is 0 Å². The van der Waals surface area contributed by atoms with Crippen LogP contribution in [-0.2, 0) is 0 Å². The van der Waals surface area contributed by atoms with Gasteiger partial charge in [0, 0.05) is 0 Å². The summed E-state index contributed by atoms with van der Waals surface area (Å²) in [5, 5.41) is 8.23. The number of allylic oxidation sites excluding steroid dienone is 1. The Morgan fingerprint density at radius 3 is 2.09 bits per heavy atom. The Bertz CT molecular complexity index is 189. The van der Waals surface area contributed by atoms with Crippen molar-refractivity contribution in [3.8, 4) is 6.07 Å². The van der Waals surface area contributed by atoms with Crippen molar-refractivity contribution in [2.24, 2.45) is 5.41 Å². The van der Waals surface area contributed by atoms with Crippen molar-refractivity contribution in [1.82, 2.24) is 0 Å². The van der Waals surface area contributed by atoms with E-state index in [4.69, 9.17) is 5.26 Å². The molecule has 0 radical (unpaired) electrons. The molecule has 0 N–H and O–H groups in total. The maximum Gasteiger partial charge on any atom is 0.407 e. The lowest BCUT2D eigenvalue weighted by atomic mass is 9.88. The average molecular weight is 163 g/mol. The molecule has 0 saturated carbocycles. The van der Waals surface area contributed by atoms with Gasteiger partial charge < -0.3 is 0 Å². The Hall–Kier alpha value is -0.980. The molecule has 1 nitrogen and oxygen atoms in total. The number of halogens is 3. The Morgan fingerprint density at radius 2 is 2.00 bits per heavy atom. The monoisotopic (exact) mass is 163 g/mol. The lowest BCUT2D eigenvalue weighted by molar-refractivity contribution is -0.195. The van der Waals surface area contributed by atoms with Gasteiger partial charge in [-0.3, -0.25) is 0 Å². The lowest BCUT2D eigenvalue weighted by Crippen LogP contribution is -2.32. The van der Waals surface area contributed by atoms with Crippen LogP contribution in [0.25, 0.3) is 0 Å². The fraction of sp³-hybridized carbons (Fsp3) is 0.571. The third-order valence-corrected chi connectivity index (χ3v) is 1.43. The fourth-order valence-corrected chi connectivity index (χ4v) is 0.513. The summed E-state index contributed by atoms with van der Waals surface area (Å²) in [5.74, 6) is 0. The molecular formula is C7H8F3N. The van der Waals surface area contributed by atoms with E-state index in [1.165, 1.54) is 6.07 Å². The van der Waals surface area contributed by atoms with E-state index in [0.29, 0.717) is 0 Å². The molecule has 0 amide bonds. The van der Waals surface area contributed by atoms with E-state index in [1.807, 2.05) is 0 Å². The maximum atomic E-state index is 12.0. The van der Waals surface area contributed by atoms with Gasteiger partial charge in [-0.1, -0.05) is 6.08 Å². The molecule has 0 fully saturated rings. The first-order valence-corrected chi connectivity index (χ1v) is 2.96. The summed E-state index contributed by atoms with van der Waals surface area (Å²) in [6, 6.07) is 1.22. The van der Waals surface area contributed by atoms with Crippen molar-refractivity contribution in [3.63, 3.8) is 0 Å². The minimum Gasteiger partial charge on any atom is -0.197 e. The van der Waals surface area contributed by atoms with Crippen LogP contribution in [0.1, 0.15) is 13.3 Å². The smallest absolute Gasteiger partial charge is 0.197 e. The van der Waals surface area contributed by atoms with E-state index in [-0.39, 0.29) is 6.42 Å². The molecule has 0 aromatic rings. The van der Waals surface area contributed by atoms with Crippen LogP contribution in [0.4, 0.5) is 13.2 Å². The molecule has 62 valence electrons. The minimum absolute atomic E-state index is 0.368. The lowest BCUT2D eigenvalue weighted by Gasteiger charge is -2.22. The molecule has 11 heavy (non-hydrogen) atoms. The highest BCUT2D eigenvalue weighted by atomic mass is 19.4. The van der Waals surface area contributed by atoms with Crippen LogP contribution in [0.3, 0.4) is 0 Å². The van der Waals surface area contributed by atoms with E-state index >= 15 is 0 Å². The van der Waals surface area contributed by atoms with E-state index < -0.39 is 11.6 Å². The highest BCUT2D eigenvalue weighted by molar-refractivity contribution is 5.04. The van der Waals surface area contributed by atoms with Crippen molar-refractivity contribution < 1.29 is 13.2 Å². The van der Waals surface area contributed by atoms with Crippen molar-refractivity contribution >= 4 is 0 Å². The predicted octanol–water partition coefficient (Wildman–Crippen LogP) is 2.65. The summed E-state index contributed by atoms with van der Waals surface area (Å²) in [6.07, 6.45) is -3.75. The molecule has 0 aromatic carbocycles. The summed E-state index contributed by atoms with van der Waals surface area (Å²) >= 11 is 0. The zero-order valence-corrected chi connectivity index (χ0v) is 6.07. The topological polar surface area (TPSA) is 23.8 Å². The number of alkyl halides is 3. The summed E-state index contributed by atoms with van der Waals surface area (Å²) in [5.41, 5.74) is -2.28. The SMILES string of the molecule is C=CCC(C)(C#N)C(F)(F)F. The van der Waals surface area contributed by atoms with Gasteiger partial charge in [0.1, 0.15) is 0 Å². The van der Waals surface area contributed by atoms with Crippen LogP contribution in [0.2, 0.25) is 0 Å². The summed E-state index contributed by atoms with van der Waals surface area (Å²) in [7, 11) is 0. The number of rotatable bonds is 2. The molecule has 0 aromatic heterocycles. The Kier molecular flexibility index (Phi) is 2.69. The first-order valence-electron chi connectivity index (χ1n) is 2.96. The number of nitrogens with zero attached hydrogens (tertiary/aromatic N) is 1. The Morgan fingerprint density at radius 1 is 1.55 bits per heavy atom. The summed E-state index contributed by atoms with van der Waals surface area (Å²) in [4.78, 5) is 0. The van der Waals surface area contributed by atoms with Gasteiger partial charge in [-0.2, -0.15) is 18.4 Å². The third-order valence-electron chi connectivity index (χ3n) is 1.43. The Balaban J connectivity index is 4.63. The van der Waals surface area contributed by atoms with Crippen LogP contribution in [-0.4, -0.2) is 6.18 Å². The normalized spacial score (nSPS) is 16.6. The highest BCUT2D eigenvalue weighted by Gasteiger charge is 2.50. The molecule has 0 aliphatic heterocycles. The summed E-state index contributed by atoms with van der Waals surface area (Å²) in [6.45, 7) is 4.01. The first kappa shape index (κ1) is 10.0. The average Bonchev–Trinajstić information content (AvgIpc) is 1.86. The van der Waals surface area contributed by atoms with Crippen LogP contribution in [0, 0.1) is 16.7 Å². The molecule has 0 aliphatic rings. The van der Waals surface area contributed by atoms with E-state index in [2.05, 4.69) is 6.58 Å². The van der Waals surface area contributed by atoms with Gasteiger partial charge in [0.25, 0.3) is 0 Å². The molecule has 0 heterocycles. The van der Waals surface area contributed by atoms with Crippen molar-refractivity contribution in [2.45, 2.75) is 19.5 Å². The standard InChI is InChI=1S/C7H8F3N/c1-3-4-6(2,5-11)7(8,9)10/h3H,1,4H2,2H3. The van der Waals surface area contributed by atoms with Crippen molar-refractivity contribution in [2.75, 3.05) is 0 Å². The van der Waals surface area contributed by atoms with Crippen LogP contribution >= 0.6 is 0 Å². The predicted molar refractivity (Wildman–Crippen MR) is 34.6 cm³/mol. The first-order chi connectivity index (χ1) is 4.87. The van der Waals surface area contributed by atoms with E-state index in [1.54, 1.807) is 0 Å². The van der Waals surface area contributed by atoms with Gasteiger partial charge >= 0.3 is 6.18 Å². The fourth-order valence-electron chi connectivity index (χ4n) is 0.513. The van der Waals surface area contributed by atoms with Gasteiger partial charge in [-0.25, -0.2) is 0 Å². The second-order valence-electron chi connectivity index (χ2n) is 2.43. The number of hydrogen-bond donors (Lipinski definition) is 0. The zero-order chi connectivity index (χ0) is 9.12.